The van der Waals surface area contributed by atoms with E-state index in [0.717, 1.165) is 5.56 Å². The van der Waals surface area contributed by atoms with Gasteiger partial charge in [-0.05, 0) is 37.1 Å². The highest BCUT2D eigenvalue weighted by Crippen LogP contribution is 2.21. The lowest BCUT2D eigenvalue weighted by Gasteiger charge is -2.27. The number of amides is 1. The summed E-state index contributed by atoms with van der Waals surface area (Å²) in [4.78, 5) is 14.3. The van der Waals surface area contributed by atoms with Crippen LogP contribution in [0.5, 0.6) is 5.75 Å². The first-order valence-corrected chi connectivity index (χ1v) is 9.97. The number of carbonyl (C=O) groups excluding carboxylic acids is 1. The average Bonchev–Trinajstić information content (AvgIpc) is 3.20. The molecule has 1 saturated heterocycles. The molecular formula is C18H21NO5S. The standard InChI is InChI=1S/C18H21NO5S/c1-14-5-2-3-7-17(14)24-12-18(20)19(11-16-6-4-9-23-16)15-8-10-25(21,22)13-15/h2-7,9,15H,8,10-13H2,1H3/t15-/m0/s1. The summed E-state index contributed by atoms with van der Waals surface area (Å²) in [6, 6.07) is 10.6. The van der Waals surface area contributed by atoms with Crippen molar-refractivity contribution in [1.82, 2.24) is 4.90 Å². The maximum Gasteiger partial charge on any atom is 0.261 e. The summed E-state index contributed by atoms with van der Waals surface area (Å²) >= 11 is 0. The molecule has 1 aliphatic rings. The first-order valence-electron chi connectivity index (χ1n) is 8.15. The van der Waals surface area contributed by atoms with E-state index in [0.29, 0.717) is 17.9 Å². The zero-order valence-electron chi connectivity index (χ0n) is 14.1. The topological polar surface area (TPSA) is 76.8 Å². The van der Waals surface area contributed by atoms with Gasteiger partial charge in [0, 0.05) is 6.04 Å². The molecule has 1 amide bonds. The van der Waals surface area contributed by atoms with Crippen molar-refractivity contribution in [1.29, 1.82) is 0 Å². The van der Waals surface area contributed by atoms with Crippen molar-refractivity contribution in [3.05, 3.63) is 54.0 Å². The second-order valence-corrected chi connectivity index (χ2v) is 8.44. The third kappa shape index (κ3) is 4.42. The van der Waals surface area contributed by atoms with Crippen molar-refractivity contribution < 1.29 is 22.4 Å². The lowest BCUT2D eigenvalue weighted by atomic mass is 10.2. The molecule has 0 spiro atoms. The van der Waals surface area contributed by atoms with Crippen molar-refractivity contribution in [3.63, 3.8) is 0 Å². The van der Waals surface area contributed by atoms with E-state index < -0.39 is 9.84 Å². The van der Waals surface area contributed by atoms with Gasteiger partial charge in [-0.3, -0.25) is 4.79 Å². The summed E-state index contributed by atoms with van der Waals surface area (Å²) < 4.78 is 34.6. The van der Waals surface area contributed by atoms with Crippen LogP contribution in [0.2, 0.25) is 0 Å². The smallest absolute Gasteiger partial charge is 0.261 e. The van der Waals surface area contributed by atoms with Crippen LogP contribution >= 0.6 is 0 Å². The molecule has 1 atom stereocenters. The molecule has 0 N–H and O–H groups in total. The van der Waals surface area contributed by atoms with Crippen LogP contribution in [0.25, 0.3) is 0 Å². The van der Waals surface area contributed by atoms with Crippen LogP contribution in [0.3, 0.4) is 0 Å². The van der Waals surface area contributed by atoms with Crippen molar-refractivity contribution in [3.8, 4) is 5.75 Å². The van der Waals surface area contributed by atoms with Gasteiger partial charge in [0.05, 0.1) is 24.3 Å². The van der Waals surface area contributed by atoms with Crippen LogP contribution in [-0.4, -0.2) is 43.4 Å². The van der Waals surface area contributed by atoms with Crippen molar-refractivity contribution in [2.75, 3.05) is 18.1 Å². The maximum atomic E-state index is 12.7. The predicted molar refractivity (Wildman–Crippen MR) is 93.0 cm³/mol. The number of hydrogen-bond acceptors (Lipinski definition) is 5. The number of aryl methyl sites for hydroxylation is 1. The van der Waals surface area contributed by atoms with Crippen LogP contribution in [0, 0.1) is 6.92 Å². The summed E-state index contributed by atoms with van der Waals surface area (Å²) in [5.74, 6) is 1.12. The van der Waals surface area contributed by atoms with E-state index in [2.05, 4.69) is 0 Å². The number of rotatable bonds is 6. The van der Waals surface area contributed by atoms with Crippen molar-refractivity contribution in [2.24, 2.45) is 0 Å². The largest absolute Gasteiger partial charge is 0.484 e. The molecule has 0 saturated carbocycles. The number of benzene rings is 1. The second kappa shape index (κ2) is 7.31. The number of carbonyl (C=O) groups is 1. The molecule has 2 aromatic rings. The lowest BCUT2D eigenvalue weighted by molar-refractivity contribution is -0.136. The van der Waals surface area contributed by atoms with Crippen LogP contribution in [-0.2, 0) is 21.2 Å². The van der Waals surface area contributed by atoms with Gasteiger partial charge in [0.2, 0.25) is 0 Å². The molecule has 1 aromatic heterocycles. The molecule has 134 valence electrons. The minimum atomic E-state index is -3.09. The Morgan fingerprint density at radius 1 is 1.28 bits per heavy atom. The Balaban J connectivity index is 1.71. The number of ether oxygens (including phenoxy) is 1. The van der Waals surface area contributed by atoms with E-state index in [1.54, 1.807) is 23.1 Å². The highest BCUT2D eigenvalue weighted by atomic mass is 32.2. The summed E-state index contributed by atoms with van der Waals surface area (Å²) in [5.41, 5.74) is 0.941. The third-order valence-electron chi connectivity index (χ3n) is 4.32. The SMILES string of the molecule is Cc1ccccc1OCC(=O)N(Cc1ccco1)[C@H]1CCS(=O)(=O)C1. The van der Waals surface area contributed by atoms with Gasteiger partial charge >= 0.3 is 0 Å². The summed E-state index contributed by atoms with van der Waals surface area (Å²) in [7, 11) is -3.09. The Morgan fingerprint density at radius 2 is 2.08 bits per heavy atom. The molecule has 1 aromatic carbocycles. The fourth-order valence-corrected chi connectivity index (χ4v) is 4.68. The molecule has 0 unspecified atom stereocenters. The molecule has 0 radical (unpaired) electrons. The fourth-order valence-electron chi connectivity index (χ4n) is 2.95. The number of nitrogens with zero attached hydrogens (tertiary/aromatic N) is 1. The average molecular weight is 363 g/mol. The minimum Gasteiger partial charge on any atom is -0.484 e. The Morgan fingerprint density at radius 3 is 2.72 bits per heavy atom. The van der Waals surface area contributed by atoms with Crippen molar-refractivity contribution in [2.45, 2.75) is 25.9 Å². The lowest BCUT2D eigenvalue weighted by Crippen LogP contribution is -2.43. The molecular weight excluding hydrogens is 342 g/mol. The Bertz CT molecular complexity index is 829. The zero-order chi connectivity index (χ0) is 17.9. The summed E-state index contributed by atoms with van der Waals surface area (Å²) in [6.07, 6.45) is 1.98. The Hall–Kier alpha value is -2.28. The molecule has 7 heteroatoms. The van der Waals surface area contributed by atoms with Gasteiger partial charge in [0.15, 0.2) is 16.4 Å². The molecule has 1 fully saturated rings. The molecule has 1 aliphatic heterocycles. The normalized spacial score (nSPS) is 18.8. The monoisotopic (exact) mass is 363 g/mol. The van der Waals surface area contributed by atoms with Gasteiger partial charge in [-0.25, -0.2) is 8.42 Å². The third-order valence-corrected chi connectivity index (χ3v) is 6.07. The van der Waals surface area contributed by atoms with E-state index in [-0.39, 0.29) is 36.6 Å². The van der Waals surface area contributed by atoms with E-state index in [1.165, 1.54) is 6.26 Å². The van der Waals surface area contributed by atoms with Crippen LogP contribution in [0.15, 0.2) is 47.1 Å². The second-order valence-electron chi connectivity index (χ2n) is 6.21. The fraction of sp³-hybridized carbons (Fsp3) is 0.389. The van der Waals surface area contributed by atoms with E-state index >= 15 is 0 Å². The molecule has 3 rings (SSSR count). The van der Waals surface area contributed by atoms with Gasteiger partial charge in [-0.2, -0.15) is 0 Å². The summed E-state index contributed by atoms with van der Waals surface area (Å²) in [6.45, 7) is 2.01. The molecule has 2 heterocycles. The zero-order valence-corrected chi connectivity index (χ0v) is 14.9. The molecule has 0 bridgehead atoms. The predicted octanol–water partition coefficient (Wildman–Crippen LogP) is 2.18. The highest BCUT2D eigenvalue weighted by molar-refractivity contribution is 7.91. The van der Waals surface area contributed by atoms with Gasteiger partial charge in [-0.15, -0.1) is 0 Å². The van der Waals surface area contributed by atoms with Crippen LogP contribution in [0.1, 0.15) is 17.7 Å². The number of para-hydroxylation sites is 1. The van der Waals surface area contributed by atoms with Crippen LogP contribution in [0.4, 0.5) is 0 Å². The highest BCUT2D eigenvalue weighted by Gasteiger charge is 2.35. The number of hydrogen-bond donors (Lipinski definition) is 0. The molecule has 25 heavy (non-hydrogen) atoms. The molecule has 0 aliphatic carbocycles. The minimum absolute atomic E-state index is 0.0101. The van der Waals surface area contributed by atoms with Gasteiger partial charge in [0.25, 0.3) is 5.91 Å². The van der Waals surface area contributed by atoms with E-state index in [4.69, 9.17) is 9.15 Å². The van der Waals surface area contributed by atoms with Gasteiger partial charge in [-0.1, -0.05) is 18.2 Å². The quantitative estimate of drug-likeness (QED) is 0.786. The van der Waals surface area contributed by atoms with Crippen LogP contribution < -0.4 is 4.74 Å². The Labute approximate surface area is 147 Å². The number of sulfone groups is 1. The van der Waals surface area contributed by atoms with E-state index in [9.17, 15) is 13.2 Å². The van der Waals surface area contributed by atoms with Gasteiger partial charge < -0.3 is 14.1 Å². The van der Waals surface area contributed by atoms with Crippen molar-refractivity contribution >= 4 is 15.7 Å². The van der Waals surface area contributed by atoms with Gasteiger partial charge in [0.1, 0.15) is 11.5 Å². The first-order chi connectivity index (χ1) is 11.9. The molecule has 6 nitrogen and oxygen atoms in total. The van der Waals surface area contributed by atoms with E-state index in [1.807, 2.05) is 25.1 Å². The maximum absolute atomic E-state index is 12.7. The number of furan rings is 1. The Kier molecular flexibility index (Phi) is 5.13. The summed E-state index contributed by atoms with van der Waals surface area (Å²) in [5, 5.41) is 0. The first kappa shape index (κ1) is 17.5.